The van der Waals surface area contributed by atoms with E-state index in [1.807, 2.05) is 32.4 Å². The molecule has 2 aromatic heterocycles. The first kappa shape index (κ1) is 37.7. The summed E-state index contributed by atoms with van der Waals surface area (Å²) in [5.74, 6) is -1.79. The third kappa shape index (κ3) is 14.1. The van der Waals surface area contributed by atoms with Gasteiger partial charge in [0.05, 0.1) is 11.9 Å². The number of alkyl halides is 2. The smallest absolute Gasteiger partial charge is 0.248 e. The van der Waals surface area contributed by atoms with Gasteiger partial charge in [0.1, 0.15) is 6.29 Å². The molecule has 43 heavy (non-hydrogen) atoms. The van der Waals surface area contributed by atoms with Gasteiger partial charge in [-0.3, -0.25) is 10.1 Å². The predicted octanol–water partition coefficient (Wildman–Crippen LogP) is 10.3. The number of carbonyl (C=O) groups excluding carboxylic acids is 1. The molecule has 0 saturated carbocycles. The molecule has 1 N–H and O–H groups in total. The first-order chi connectivity index (χ1) is 20.4. The van der Waals surface area contributed by atoms with Gasteiger partial charge in [0.25, 0.3) is 0 Å². The minimum Gasteiger partial charge on any atom is -0.371 e. The maximum Gasteiger partial charge on any atom is 0.248 e. The average Bonchev–Trinajstić information content (AvgIpc) is 3.67. The number of nitrogens with zero attached hydrogens (tertiary/aromatic N) is 3. The molecule has 3 heterocycles. The number of anilines is 1. The van der Waals surface area contributed by atoms with Crippen molar-refractivity contribution in [1.29, 1.82) is 0 Å². The molecule has 0 bridgehead atoms. The predicted molar refractivity (Wildman–Crippen MR) is 179 cm³/mol. The fraction of sp³-hybridized carbons (Fsp3) is 0.528. The van der Waals surface area contributed by atoms with Crippen LogP contribution in [0.2, 0.25) is 0 Å². The molecule has 238 valence electrons. The molecule has 1 aliphatic rings. The molecule has 1 aliphatic heterocycles. The van der Waals surface area contributed by atoms with Gasteiger partial charge in [-0.1, -0.05) is 71.2 Å². The number of aromatic nitrogens is 3. The maximum absolute atomic E-state index is 12.4. The Morgan fingerprint density at radius 2 is 1.81 bits per heavy atom. The number of hydrogen-bond acceptors (Lipinski definition) is 4. The monoisotopic (exact) mass is 596 g/mol. The molecule has 1 saturated heterocycles. The van der Waals surface area contributed by atoms with Gasteiger partial charge in [0.2, 0.25) is 5.92 Å². The summed E-state index contributed by atoms with van der Waals surface area (Å²) in [6.45, 7) is 19.5. The molecule has 1 atom stereocenters. The third-order valence-electron chi connectivity index (χ3n) is 7.02. The molecule has 0 aliphatic carbocycles. The number of rotatable bonds is 8. The Morgan fingerprint density at radius 1 is 1.14 bits per heavy atom. The maximum atomic E-state index is 12.4. The van der Waals surface area contributed by atoms with E-state index >= 15 is 0 Å². The van der Waals surface area contributed by atoms with Crippen LogP contribution in [0.25, 0.3) is 17.3 Å². The highest BCUT2D eigenvalue weighted by Crippen LogP contribution is 2.32. The van der Waals surface area contributed by atoms with E-state index in [1.54, 1.807) is 0 Å². The number of H-pyrrole nitrogens is 1. The van der Waals surface area contributed by atoms with Crippen molar-refractivity contribution in [2.45, 2.75) is 106 Å². The Balaban J connectivity index is 0.000000481. The van der Waals surface area contributed by atoms with Crippen molar-refractivity contribution in [2.75, 3.05) is 18.0 Å². The number of aldehydes is 1. The van der Waals surface area contributed by atoms with Crippen molar-refractivity contribution < 1.29 is 13.6 Å². The molecule has 0 spiro atoms. The van der Waals surface area contributed by atoms with Crippen LogP contribution in [0.15, 0.2) is 54.5 Å². The zero-order valence-electron chi connectivity index (χ0n) is 27.9. The number of halogens is 2. The molecule has 0 radical (unpaired) electrons. The fourth-order valence-electron chi connectivity index (χ4n) is 4.57. The van der Waals surface area contributed by atoms with E-state index in [0.29, 0.717) is 5.92 Å². The van der Waals surface area contributed by atoms with Crippen molar-refractivity contribution in [3.8, 4) is 11.3 Å². The first-order valence-corrected chi connectivity index (χ1v) is 15.6. The van der Waals surface area contributed by atoms with Gasteiger partial charge in [0, 0.05) is 55.5 Å². The van der Waals surface area contributed by atoms with Crippen LogP contribution in [0.1, 0.15) is 110 Å². The van der Waals surface area contributed by atoms with Crippen LogP contribution in [0, 0.1) is 12.8 Å². The van der Waals surface area contributed by atoms with Crippen molar-refractivity contribution in [3.05, 3.63) is 71.2 Å². The van der Waals surface area contributed by atoms with Crippen LogP contribution in [0.4, 0.5) is 14.5 Å². The molecule has 7 heteroatoms. The standard InChI is InChI=1S/C23H26N4.C7H14F2.C4H10.C2H4O/c1-16(2)10-18-4-5-19(11-17(18)3)23-12-22(6-8-24-23)27-9-7-20(15-27)21-13-25-26-14-21;1-4-7(8,9)5-6(2)3;1-3-4-2;1-2-3/h4-6,8,10-14,20H,7,9,15H2,1-3H3,(H,25,26);6H,4-5H2,1-3H3;3-4H2,1-2H3;2H,1H3. The lowest BCUT2D eigenvalue weighted by Gasteiger charge is -2.19. The van der Waals surface area contributed by atoms with Crippen LogP contribution in [-0.2, 0) is 4.79 Å². The fourth-order valence-corrected chi connectivity index (χ4v) is 4.57. The Hall–Kier alpha value is -3.35. The molecule has 1 fully saturated rings. The highest BCUT2D eigenvalue weighted by molar-refractivity contribution is 5.68. The van der Waals surface area contributed by atoms with E-state index in [9.17, 15) is 8.78 Å². The lowest BCUT2D eigenvalue weighted by molar-refractivity contribution is -0.106. The van der Waals surface area contributed by atoms with Crippen LogP contribution in [0.3, 0.4) is 0 Å². The number of nitrogens with one attached hydrogen (secondary N) is 1. The Bertz CT molecular complexity index is 1220. The van der Waals surface area contributed by atoms with Gasteiger partial charge in [0.15, 0.2) is 0 Å². The third-order valence-corrected chi connectivity index (χ3v) is 7.02. The number of pyridine rings is 1. The quantitative estimate of drug-likeness (QED) is 0.263. The van der Waals surface area contributed by atoms with E-state index in [4.69, 9.17) is 4.79 Å². The van der Waals surface area contributed by atoms with Crippen molar-refractivity contribution in [3.63, 3.8) is 0 Å². The normalized spacial score (nSPS) is 14.0. The van der Waals surface area contributed by atoms with E-state index in [-0.39, 0.29) is 18.8 Å². The van der Waals surface area contributed by atoms with Crippen molar-refractivity contribution in [2.24, 2.45) is 5.92 Å². The van der Waals surface area contributed by atoms with Gasteiger partial charge in [-0.25, -0.2) is 8.78 Å². The van der Waals surface area contributed by atoms with Gasteiger partial charge >= 0.3 is 0 Å². The van der Waals surface area contributed by atoms with Crippen LogP contribution >= 0.6 is 0 Å². The summed E-state index contributed by atoms with van der Waals surface area (Å²) >= 11 is 0. The Labute approximate surface area is 259 Å². The number of hydrogen-bond donors (Lipinski definition) is 1. The van der Waals surface area contributed by atoms with Gasteiger partial charge in [-0.2, -0.15) is 5.10 Å². The summed E-state index contributed by atoms with van der Waals surface area (Å²) in [5.41, 5.74) is 8.62. The van der Waals surface area contributed by atoms with Gasteiger partial charge in [-0.05, 0) is 74.9 Å². The Morgan fingerprint density at radius 3 is 2.30 bits per heavy atom. The first-order valence-electron chi connectivity index (χ1n) is 15.6. The number of benzene rings is 1. The molecule has 4 rings (SSSR count). The van der Waals surface area contributed by atoms with E-state index in [1.165, 1.54) is 60.2 Å². The molecule has 5 nitrogen and oxygen atoms in total. The molecule has 0 amide bonds. The number of allylic oxidation sites excluding steroid dienone is 1. The lowest BCUT2D eigenvalue weighted by Crippen LogP contribution is -2.19. The second-order valence-electron chi connectivity index (χ2n) is 11.7. The molecule has 3 aromatic rings. The average molecular weight is 597 g/mol. The summed E-state index contributed by atoms with van der Waals surface area (Å²) in [6.07, 6.45) is 12.6. The number of aromatic amines is 1. The number of aryl methyl sites for hydroxylation is 1. The molecular formula is C36H54F2N4O. The SMILES string of the molecule is CC(C)=Cc1ccc(-c2cc(N3CCC(c4cn[nH]c4)C3)ccn2)cc1C.CC=O.CCC(F)(F)CC(C)C.CCCC. The molecule has 1 aromatic carbocycles. The van der Waals surface area contributed by atoms with Crippen LogP contribution < -0.4 is 4.90 Å². The largest absolute Gasteiger partial charge is 0.371 e. The second kappa shape index (κ2) is 19.8. The van der Waals surface area contributed by atoms with E-state index in [0.717, 1.165) is 31.5 Å². The van der Waals surface area contributed by atoms with Crippen molar-refractivity contribution >= 4 is 18.0 Å². The topological polar surface area (TPSA) is 61.9 Å². The summed E-state index contributed by atoms with van der Waals surface area (Å²) in [7, 11) is 0. The van der Waals surface area contributed by atoms with E-state index in [2.05, 4.69) is 91.1 Å². The summed E-state index contributed by atoms with van der Waals surface area (Å²) in [6, 6.07) is 10.9. The summed E-state index contributed by atoms with van der Waals surface area (Å²) < 4.78 is 24.8. The number of unbranched alkanes of at least 4 members (excludes halogenated alkanes) is 1. The second-order valence-corrected chi connectivity index (χ2v) is 11.7. The minimum atomic E-state index is -2.44. The highest BCUT2D eigenvalue weighted by Gasteiger charge is 2.27. The lowest BCUT2D eigenvalue weighted by atomic mass is 10.0. The molecule has 1 unspecified atom stereocenters. The minimum absolute atomic E-state index is 0.0174. The molecular weight excluding hydrogens is 542 g/mol. The highest BCUT2D eigenvalue weighted by atomic mass is 19.3. The van der Waals surface area contributed by atoms with Gasteiger partial charge < -0.3 is 9.69 Å². The van der Waals surface area contributed by atoms with Crippen LogP contribution in [0.5, 0.6) is 0 Å². The summed E-state index contributed by atoms with van der Waals surface area (Å²) in [5, 5.41) is 7.02. The van der Waals surface area contributed by atoms with Gasteiger partial charge in [-0.15, -0.1) is 0 Å². The van der Waals surface area contributed by atoms with Crippen LogP contribution in [-0.4, -0.2) is 40.5 Å². The zero-order chi connectivity index (χ0) is 32.4. The Kier molecular flexibility index (Phi) is 17.3. The van der Waals surface area contributed by atoms with E-state index < -0.39 is 5.92 Å². The summed E-state index contributed by atoms with van der Waals surface area (Å²) in [4.78, 5) is 15.9. The zero-order valence-corrected chi connectivity index (χ0v) is 27.9. The van der Waals surface area contributed by atoms with Crippen molar-refractivity contribution in [1.82, 2.24) is 15.2 Å². The number of carbonyl (C=O) groups is 1.